The highest BCUT2D eigenvalue weighted by Gasteiger charge is 2.12. The number of anilines is 2. The number of carbonyl (C=O) groups is 2. The third-order valence-electron chi connectivity index (χ3n) is 4.14. The van der Waals surface area contributed by atoms with Crippen molar-refractivity contribution in [2.75, 3.05) is 23.4 Å². The molecule has 2 aromatic carbocycles. The predicted octanol–water partition coefficient (Wildman–Crippen LogP) is 4.18. The monoisotopic (exact) mass is 483 g/mol. The first-order valence-corrected chi connectivity index (χ1v) is 12.0. The molecule has 0 unspecified atom stereocenters. The van der Waals surface area contributed by atoms with E-state index in [0.717, 1.165) is 34.1 Å². The maximum Gasteiger partial charge on any atom is 0.316 e. The molecule has 2 aromatic heterocycles. The maximum absolute atomic E-state index is 12.1. The van der Waals surface area contributed by atoms with Crippen molar-refractivity contribution in [2.45, 2.75) is 4.34 Å². The zero-order chi connectivity index (χ0) is 22.3. The van der Waals surface area contributed by atoms with Crippen LogP contribution in [-0.2, 0) is 14.3 Å². The van der Waals surface area contributed by atoms with E-state index >= 15 is 0 Å². The van der Waals surface area contributed by atoms with Gasteiger partial charge in [-0.3, -0.25) is 14.9 Å². The number of rotatable bonds is 8. The maximum atomic E-state index is 12.1. The Morgan fingerprint density at radius 1 is 1.00 bits per heavy atom. The molecule has 32 heavy (non-hydrogen) atoms. The van der Waals surface area contributed by atoms with Crippen LogP contribution in [0.1, 0.15) is 0 Å². The number of amides is 1. The van der Waals surface area contributed by atoms with E-state index in [9.17, 15) is 9.59 Å². The molecule has 2 heterocycles. The van der Waals surface area contributed by atoms with Crippen LogP contribution in [0.3, 0.4) is 0 Å². The number of nitrogen functional groups attached to an aromatic ring is 1. The summed E-state index contributed by atoms with van der Waals surface area (Å²) in [5.74, 6) is -0.969. The summed E-state index contributed by atoms with van der Waals surface area (Å²) in [6.07, 6.45) is 0. The quantitative estimate of drug-likeness (QED) is 0.283. The van der Waals surface area contributed by atoms with Crippen molar-refractivity contribution in [2.24, 2.45) is 0 Å². The van der Waals surface area contributed by atoms with Crippen LogP contribution in [0.25, 0.3) is 22.4 Å². The Balaban J connectivity index is 1.26. The molecule has 3 N–H and O–H groups in total. The second kappa shape index (κ2) is 10.4. The molecule has 0 aliphatic heterocycles. The summed E-state index contributed by atoms with van der Waals surface area (Å²) < 4.78 is 5.55. The number of thiazole rings is 1. The second-order valence-corrected chi connectivity index (χ2v) is 9.47. The first kappa shape index (κ1) is 21.9. The van der Waals surface area contributed by atoms with Crippen molar-refractivity contribution in [1.82, 2.24) is 15.2 Å². The molecule has 0 bridgehead atoms. The van der Waals surface area contributed by atoms with E-state index in [0.29, 0.717) is 14.6 Å². The number of thioether (sulfide) groups is 1. The Hall–Kier alpha value is -3.28. The van der Waals surface area contributed by atoms with Crippen molar-refractivity contribution in [3.8, 4) is 22.4 Å². The molecule has 0 fully saturated rings. The molecule has 11 heteroatoms. The number of aromatic nitrogens is 3. The lowest BCUT2D eigenvalue weighted by Crippen LogP contribution is -2.21. The zero-order valence-corrected chi connectivity index (χ0v) is 19.0. The molecule has 0 saturated heterocycles. The summed E-state index contributed by atoms with van der Waals surface area (Å²) in [7, 11) is 0. The van der Waals surface area contributed by atoms with Gasteiger partial charge in [-0.2, -0.15) is 0 Å². The van der Waals surface area contributed by atoms with E-state index < -0.39 is 18.5 Å². The van der Waals surface area contributed by atoms with E-state index in [2.05, 4.69) is 32.6 Å². The van der Waals surface area contributed by atoms with Crippen LogP contribution < -0.4 is 11.1 Å². The van der Waals surface area contributed by atoms with Crippen LogP contribution in [0, 0.1) is 0 Å². The number of hydrogen-bond acceptors (Lipinski definition) is 10. The second-order valence-electron chi connectivity index (χ2n) is 6.39. The van der Waals surface area contributed by atoms with Gasteiger partial charge in [-0.05, 0) is 11.1 Å². The van der Waals surface area contributed by atoms with Crippen molar-refractivity contribution < 1.29 is 14.3 Å². The number of nitrogens with one attached hydrogen (secondary N) is 1. The Morgan fingerprint density at radius 3 is 2.44 bits per heavy atom. The molecule has 0 saturated carbocycles. The molecule has 0 aliphatic rings. The average Bonchev–Trinajstić information content (AvgIpc) is 3.46. The Morgan fingerprint density at radius 2 is 1.72 bits per heavy atom. The van der Waals surface area contributed by atoms with Gasteiger partial charge in [0, 0.05) is 10.9 Å². The summed E-state index contributed by atoms with van der Waals surface area (Å²) in [5.41, 5.74) is 9.45. The zero-order valence-electron chi connectivity index (χ0n) is 16.6. The van der Waals surface area contributed by atoms with Crippen molar-refractivity contribution >= 4 is 56.6 Å². The minimum Gasteiger partial charge on any atom is -0.455 e. The summed E-state index contributed by atoms with van der Waals surface area (Å²) in [4.78, 5) is 28.3. The van der Waals surface area contributed by atoms with Crippen LogP contribution in [0.4, 0.5) is 10.3 Å². The first-order chi connectivity index (χ1) is 15.6. The fourth-order valence-electron chi connectivity index (χ4n) is 2.67. The first-order valence-electron chi connectivity index (χ1n) is 9.35. The molecule has 162 valence electrons. The van der Waals surface area contributed by atoms with Crippen LogP contribution >= 0.6 is 34.4 Å². The number of nitrogens with zero attached hydrogens (tertiary/aromatic N) is 3. The van der Waals surface area contributed by atoms with Gasteiger partial charge in [0.1, 0.15) is 0 Å². The van der Waals surface area contributed by atoms with Crippen LogP contribution in [0.5, 0.6) is 0 Å². The minimum atomic E-state index is -0.530. The summed E-state index contributed by atoms with van der Waals surface area (Å²) in [6.45, 7) is -0.391. The van der Waals surface area contributed by atoms with Gasteiger partial charge in [0.2, 0.25) is 5.13 Å². The largest absolute Gasteiger partial charge is 0.455 e. The van der Waals surface area contributed by atoms with Gasteiger partial charge in [-0.15, -0.1) is 21.5 Å². The number of benzene rings is 2. The van der Waals surface area contributed by atoms with E-state index in [4.69, 9.17) is 10.5 Å². The van der Waals surface area contributed by atoms with E-state index in [-0.39, 0.29) is 5.75 Å². The summed E-state index contributed by atoms with van der Waals surface area (Å²) >= 11 is 3.64. The minimum absolute atomic E-state index is 0.0162. The molecular formula is C21H17N5O3S3. The van der Waals surface area contributed by atoms with E-state index in [1.807, 2.05) is 47.8 Å². The highest BCUT2D eigenvalue weighted by molar-refractivity contribution is 8.01. The fraction of sp³-hybridized carbons (Fsp3) is 0.0952. The van der Waals surface area contributed by atoms with Crippen molar-refractivity contribution in [1.29, 1.82) is 0 Å². The number of hydrogen-bond donors (Lipinski definition) is 2. The van der Waals surface area contributed by atoms with Gasteiger partial charge >= 0.3 is 5.97 Å². The van der Waals surface area contributed by atoms with Gasteiger partial charge in [0.15, 0.2) is 16.1 Å². The fourth-order valence-corrected chi connectivity index (χ4v) is 4.84. The highest BCUT2D eigenvalue weighted by atomic mass is 32.2. The molecule has 0 radical (unpaired) electrons. The number of esters is 1. The highest BCUT2D eigenvalue weighted by Crippen LogP contribution is 2.28. The van der Waals surface area contributed by atoms with E-state index in [1.54, 1.807) is 0 Å². The molecule has 8 nitrogen and oxygen atoms in total. The Kier molecular flexibility index (Phi) is 7.10. The molecule has 0 atom stereocenters. The predicted molar refractivity (Wildman–Crippen MR) is 128 cm³/mol. The normalized spacial score (nSPS) is 10.6. The van der Waals surface area contributed by atoms with Gasteiger partial charge in [-0.1, -0.05) is 77.7 Å². The number of ether oxygens (including phenoxy) is 1. The SMILES string of the molecule is Nc1nnc(SCC(=O)OCC(=O)Nc2nc(-c3ccc(-c4ccccc4)cc3)cs2)s1. The van der Waals surface area contributed by atoms with Gasteiger partial charge < -0.3 is 10.5 Å². The lowest BCUT2D eigenvalue weighted by molar-refractivity contribution is -0.144. The third kappa shape index (κ3) is 5.90. The Labute approximate surface area is 195 Å². The van der Waals surface area contributed by atoms with Crippen molar-refractivity contribution in [3.63, 3.8) is 0 Å². The lowest BCUT2D eigenvalue weighted by Gasteiger charge is -2.04. The van der Waals surface area contributed by atoms with Crippen LogP contribution in [0.2, 0.25) is 0 Å². The molecule has 0 spiro atoms. The van der Waals surface area contributed by atoms with Gasteiger partial charge in [-0.25, -0.2) is 4.98 Å². The number of nitrogens with two attached hydrogens (primary N) is 1. The molecule has 4 rings (SSSR count). The van der Waals surface area contributed by atoms with Gasteiger partial charge in [0.05, 0.1) is 11.4 Å². The Bertz CT molecular complexity index is 1210. The van der Waals surface area contributed by atoms with Crippen LogP contribution in [0.15, 0.2) is 64.3 Å². The molecule has 0 aliphatic carbocycles. The lowest BCUT2D eigenvalue weighted by atomic mass is 10.0. The van der Waals surface area contributed by atoms with Crippen molar-refractivity contribution in [3.05, 3.63) is 60.0 Å². The van der Waals surface area contributed by atoms with Gasteiger partial charge in [0.25, 0.3) is 5.91 Å². The van der Waals surface area contributed by atoms with E-state index in [1.165, 1.54) is 22.7 Å². The smallest absolute Gasteiger partial charge is 0.316 e. The topological polar surface area (TPSA) is 120 Å². The summed E-state index contributed by atoms with van der Waals surface area (Å²) in [5, 5.41) is 12.7. The molecule has 1 amide bonds. The molecular weight excluding hydrogens is 466 g/mol. The average molecular weight is 484 g/mol. The number of carbonyl (C=O) groups excluding carboxylic acids is 2. The standard InChI is InChI=1S/C21H17N5O3S3/c22-19-25-26-21(32-19)31-12-18(28)29-10-17(27)24-20-23-16(11-30-20)15-8-6-14(7-9-15)13-4-2-1-3-5-13/h1-9,11H,10,12H2,(H2,22,25)(H,23,24,27). The third-order valence-corrected chi connectivity index (χ3v) is 6.76. The molecule has 4 aromatic rings. The summed E-state index contributed by atoms with van der Waals surface area (Å²) in [6, 6.07) is 18.2. The van der Waals surface area contributed by atoms with Crippen LogP contribution in [-0.4, -0.2) is 39.4 Å².